The van der Waals surface area contributed by atoms with E-state index in [4.69, 9.17) is 16.0 Å². The van der Waals surface area contributed by atoms with Gasteiger partial charge in [-0.1, -0.05) is 25.4 Å². The molecule has 0 aliphatic carbocycles. The van der Waals surface area contributed by atoms with Crippen molar-refractivity contribution in [3.8, 4) is 5.69 Å². The predicted octanol–water partition coefficient (Wildman–Crippen LogP) is 2.51. The third-order valence-corrected chi connectivity index (χ3v) is 2.65. The van der Waals surface area contributed by atoms with Gasteiger partial charge in [-0.2, -0.15) is 4.68 Å². The van der Waals surface area contributed by atoms with Crippen LogP contribution in [0.5, 0.6) is 0 Å². The van der Waals surface area contributed by atoms with Gasteiger partial charge in [-0.3, -0.25) is 10.1 Å². The summed E-state index contributed by atoms with van der Waals surface area (Å²) < 4.78 is 5.80. The number of nitro benzene ring substituents is 1. The molecular weight excluding hydrogens is 274 g/mol. The van der Waals surface area contributed by atoms with E-state index in [9.17, 15) is 14.9 Å². The third kappa shape index (κ3) is 2.50. The number of nitro groups is 1. The lowest BCUT2D eigenvalue weighted by Crippen LogP contribution is -2.15. The second-order valence-electron chi connectivity index (χ2n) is 4.16. The number of hydrogen-bond donors (Lipinski definition) is 0. The fraction of sp³-hybridized carbons (Fsp3) is 0.273. The van der Waals surface area contributed by atoms with Crippen LogP contribution in [0.15, 0.2) is 27.4 Å². The van der Waals surface area contributed by atoms with Crippen molar-refractivity contribution in [1.82, 2.24) is 9.78 Å². The minimum Gasteiger partial charge on any atom is -0.392 e. The lowest BCUT2D eigenvalue weighted by Gasteiger charge is -2.01. The number of halogens is 1. The zero-order chi connectivity index (χ0) is 14.2. The van der Waals surface area contributed by atoms with Gasteiger partial charge in [0.15, 0.2) is 0 Å². The Morgan fingerprint density at radius 2 is 2.16 bits per heavy atom. The summed E-state index contributed by atoms with van der Waals surface area (Å²) in [4.78, 5) is 22.0. The summed E-state index contributed by atoms with van der Waals surface area (Å²) in [6.45, 7) is 3.60. The van der Waals surface area contributed by atoms with Crippen LogP contribution in [0.2, 0.25) is 5.02 Å². The van der Waals surface area contributed by atoms with E-state index >= 15 is 0 Å². The van der Waals surface area contributed by atoms with Crippen LogP contribution in [-0.2, 0) is 0 Å². The summed E-state index contributed by atoms with van der Waals surface area (Å²) in [6.07, 6.45) is 0. The third-order valence-electron chi connectivity index (χ3n) is 2.42. The Morgan fingerprint density at radius 1 is 1.47 bits per heavy atom. The second-order valence-corrected chi connectivity index (χ2v) is 4.60. The molecule has 1 aromatic carbocycles. The molecule has 0 saturated carbocycles. The van der Waals surface area contributed by atoms with E-state index in [-0.39, 0.29) is 28.2 Å². The topological polar surface area (TPSA) is 91.2 Å². The Kier molecular flexibility index (Phi) is 3.39. The maximum absolute atomic E-state index is 11.7. The summed E-state index contributed by atoms with van der Waals surface area (Å²) in [5, 5.41) is 15.1. The molecule has 0 spiro atoms. The zero-order valence-corrected chi connectivity index (χ0v) is 10.9. The average molecular weight is 284 g/mol. The van der Waals surface area contributed by atoms with Gasteiger partial charge in [-0.15, -0.1) is 5.10 Å². The largest absolute Gasteiger partial charge is 0.442 e. The molecule has 0 unspecified atom stereocenters. The van der Waals surface area contributed by atoms with Gasteiger partial charge in [0.05, 0.1) is 4.92 Å². The quantitative estimate of drug-likeness (QED) is 0.637. The molecule has 0 N–H and O–H groups in total. The lowest BCUT2D eigenvalue weighted by atomic mass is 10.2. The first kappa shape index (κ1) is 13.3. The Hall–Kier alpha value is -2.15. The van der Waals surface area contributed by atoms with E-state index in [2.05, 4.69) is 5.10 Å². The first-order valence-electron chi connectivity index (χ1n) is 5.44. The highest BCUT2D eigenvalue weighted by atomic mass is 35.5. The molecule has 2 rings (SSSR count). The van der Waals surface area contributed by atoms with Gasteiger partial charge < -0.3 is 4.42 Å². The van der Waals surface area contributed by atoms with Crippen molar-refractivity contribution in [3.63, 3.8) is 0 Å². The highest BCUT2D eigenvalue weighted by Crippen LogP contribution is 2.25. The fourth-order valence-electron chi connectivity index (χ4n) is 1.50. The van der Waals surface area contributed by atoms with Crippen LogP contribution >= 0.6 is 11.6 Å². The lowest BCUT2D eigenvalue weighted by molar-refractivity contribution is -0.384. The van der Waals surface area contributed by atoms with Crippen LogP contribution in [0.3, 0.4) is 0 Å². The van der Waals surface area contributed by atoms with Crippen molar-refractivity contribution in [3.05, 3.63) is 49.8 Å². The summed E-state index contributed by atoms with van der Waals surface area (Å²) in [5.74, 6) is -0.649. The van der Waals surface area contributed by atoms with Gasteiger partial charge in [0.1, 0.15) is 5.69 Å². The molecule has 0 aliphatic heterocycles. The SMILES string of the molecule is CC(C)c1nn(-c2ccc(Cl)cc2[N+](=O)[O-])c(=O)o1. The highest BCUT2D eigenvalue weighted by molar-refractivity contribution is 6.30. The molecule has 0 fully saturated rings. The standard InChI is InChI=1S/C11H10ClN3O4/c1-6(2)10-13-14(11(16)19-10)8-4-3-7(12)5-9(8)15(17)18/h3-6H,1-2H3. The molecule has 0 aliphatic rings. The molecule has 0 amide bonds. The van der Waals surface area contributed by atoms with Crippen LogP contribution in [-0.4, -0.2) is 14.7 Å². The number of benzene rings is 1. The molecule has 8 heteroatoms. The number of rotatable bonds is 3. The van der Waals surface area contributed by atoms with Crippen LogP contribution in [0.4, 0.5) is 5.69 Å². The number of nitrogens with zero attached hydrogens (tertiary/aromatic N) is 3. The highest BCUT2D eigenvalue weighted by Gasteiger charge is 2.21. The Morgan fingerprint density at radius 3 is 2.68 bits per heavy atom. The summed E-state index contributed by atoms with van der Waals surface area (Å²) >= 11 is 5.71. The minimum atomic E-state index is -0.769. The fourth-order valence-corrected chi connectivity index (χ4v) is 1.67. The molecule has 100 valence electrons. The summed E-state index contributed by atoms with van der Waals surface area (Å²) in [5.41, 5.74) is -0.284. The van der Waals surface area contributed by atoms with Crippen molar-refractivity contribution in [1.29, 1.82) is 0 Å². The first-order chi connectivity index (χ1) is 8.90. The van der Waals surface area contributed by atoms with Gasteiger partial charge in [0.2, 0.25) is 5.89 Å². The Bertz CT molecular complexity index is 689. The van der Waals surface area contributed by atoms with E-state index in [0.29, 0.717) is 0 Å². The predicted molar refractivity (Wildman–Crippen MR) is 67.9 cm³/mol. The van der Waals surface area contributed by atoms with Crippen molar-refractivity contribution < 1.29 is 9.34 Å². The number of hydrogen-bond acceptors (Lipinski definition) is 5. The molecule has 0 bridgehead atoms. The van der Waals surface area contributed by atoms with Crippen LogP contribution in [0, 0.1) is 10.1 Å². The van der Waals surface area contributed by atoms with E-state index in [1.165, 1.54) is 12.1 Å². The normalized spacial score (nSPS) is 10.9. The average Bonchev–Trinajstić information content (AvgIpc) is 2.71. The zero-order valence-electron chi connectivity index (χ0n) is 10.2. The number of aromatic nitrogens is 2. The van der Waals surface area contributed by atoms with Gasteiger partial charge in [-0.05, 0) is 12.1 Å². The molecule has 1 aromatic heterocycles. The van der Waals surface area contributed by atoms with Crippen molar-refractivity contribution in [2.24, 2.45) is 0 Å². The maximum atomic E-state index is 11.7. The van der Waals surface area contributed by atoms with Crippen LogP contribution < -0.4 is 5.76 Å². The molecule has 0 atom stereocenters. The van der Waals surface area contributed by atoms with Gasteiger partial charge in [0.25, 0.3) is 5.69 Å². The summed E-state index contributed by atoms with van der Waals surface area (Å²) in [7, 11) is 0. The van der Waals surface area contributed by atoms with E-state index in [0.717, 1.165) is 10.7 Å². The van der Waals surface area contributed by atoms with E-state index < -0.39 is 10.7 Å². The molecular formula is C11H10ClN3O4. The first-order valence-corrected chi connectivity index (χ1v) is 5.82. The van der Waals surface area contributed by atoms with Gasteiger partial charge in [-0.25, -0.2) is 4.79 Å². The molecule has 0 saturated heterocycles. The van der Waals surface area contributed by atoms with E-state index in [1.807, 2.05) is 0 Å². The molecule has 2 aromatic rings. The van der Waals surface area contributed by atoms with Crippen molar-refractivity contribution in [2.45, 2.75) is 19.8 Å². The molecule has 7 nitrogen and oxygen atoms in total. The van der Waals surface area contributed by atoms with Crippen molar-refractivity contribution in [2.75, 3.05) is 0 Å². The van der Waals surface area contributed by atoms with Gasteiger partial charge in [0, 0.05) is 17.0 Å². The van der Waals surface area contributed by atoms with E-state index in [1.54, 1.807) is 13.8 Å². The summed E-state index contributed by atoms with van der Waals surface area (Å²) in [6, 6.07) is 3.96. The second kappa shape index (κ2) is 4.85. The minimum absolute atomic E-state index is 0.0232. The smallest absolute Gasteiger partial charge is 0.392 e. The maximum Gasteiger partial charge on any atom is 0.442 e. The van der Waals surface area contributed by atoms with Crippen molar-refractivity contribution >= 4 is 17.3 Å². The Balaban J connectivity index is 2.65. The monoisotopic (exact) mass is 283 g/mol. The van der Waals surface area contributed by atoms with Gasteiger partial charge >= 0.3 is 5.76 Å². The molecule has 0 radical (unpaired) electrons. The Labute approximate surface area is 112 Å². The molecule has 19 heavy (non-hydrogen) atoms. The van der Waals surface area contributed by atoms with Crippen LogP contribution in [0.1, 0.15) is 25.7 Å². The molecule has 1 heterocycles. The van der Waals surface area contributed by atoms with Crippen LogP contribution in [0.25, 0.3) is 5.69 Å².